The first kappa shape index (κ1) is 17.6. The van der Waals surface area contributed by atoms with E-state index in [1.807, 2.05) is 35.8 Å². The van der Waals surface area contributed by atoms with Gasteiger partial charge in [0, 0.05) is 39.9 Å². The fraction of sp³-hybridized carbons (Fsp3) is 0.353. The molecular weight excluding hydrogens is 440 g/mol. The van der Waals surface area contributed by atoms with E-state index in [0.29, 0.717) is 22.9 Å². The summed E-state index contributed by atoms with van der Waals surface area (Å²) in [5.41, 5.74) is 1.67. The summed E-state index contributed by atoms with van der Waals surface area (Å²) in [7, 11) is 4.09. The third-order valence-corrected chi connectivity index (χ3v) is 5.38. The molecule has 1 saturated heterocycles. The van der Waals surface area contributed by atoms with E-state index in [-0.39, 0.29) is 11.7 Å². The van der Waals surface area contributed by atoms with Gasteiger partial charge in [0.15, 0.2) is 0 Å². The van der Waals surface area contributed by atoms with Gasteiger partial charge < -0.3 is 15.1 Å². The Labute approximate surface area is 158 Å². The van der Waals surface area contributed by atoms with E-state index in [0.717, 1.165) is 23.2 Å². The molecule has 0 atom stereocenters. The summed E-state index contributed by atoms with van der Waals surface area (Å²) in [6.45, 7) is 2.56. The molecule has 0 aliphatic carbocycles. The van der Waals surface area contributed by atoms with Crippen molar-refractivity contribution in [1.82, 2.24) is 9.80 Å². The van der Waals surface area contributed by atoms with Crippen LogP contribution in [0.5, 0.6) is 0 Å². The second-order valence-electron chi connectivity index (χ2n) is 6.29. The Balaban J connectivity index is 1.68. The number of rotatable bonds is 5. The normalized spacial score (nSPS) is 14.8. The summed E-state index contributed by atoms with van der Waals surface area (Å²) in [4.78, 5) is 16.6. The third kappa shape index (κ3) is 3.89. The van der Waals surface area contributed by atoms with Crippen molar-refractivity contribution >= 4 is 51.2 Å². The smallest absolute Gasteiger partial charge is 0.256 e. The Kier molecular flexibility index (Phi) is 5.41. The fourth-order valence-electron chi connectivity index (χ4n) is 2.83. The Bertz CT molecular complexity index is 743. The highest BCUT2D eigenvalue weighted by molar-refractivity contribution is 14.1. The third-order valence-electron chi connectivity index (χ3n) is 3.96. The molecule has 2 heterocycles. The lowest BCUT2D eigenvalue weighted by atomic mass is 9.98. The molecule has 3 rings (SSSR count). The molecule has 4 nitrogen and oxygen atoms in total. The van der Waals surface area contributed by atoms with Gasteiger partial charge in [-0.25, -0.2) is 4.39 Å². The van der Waals surface area contributed by atoms with Crippen LogP contribution >= 0.6 is 33.9 Å². The number of nitrogens with one attached hydrogen (secondary N) is 1. The Morgan fingerprint density at radius 3 is 2.79 bits per heavy atom. The number of hydrogen-bond donors (Lipinski definition) is 1. The minimum absolute atomic E-state index is 0.0136. The summed E-state index contributed by atoms with van der Waals surface area (Å²) in [5, 5.41) is 6.73. The summed E-state index contributed by atoms with van der Waals surface area (Å²) in [6, 6.07) is 5.00. The zero-order valence-corrected chi connectivity index (χ0v) is 16.5. The Morgan fingerprint density at radius 1 is 1.38 bits per heavy atom. The molecule has 1 aliphatic rings. The van der Waals surface area contributed by atoms with Crippen molar-refractivity contribution < 1.29 is 9.18 Å². The minimum Gasteiger partial charge on any atom is -0.352 e. The molecular formula is C17H19FIN3OS. The van der Waals surface area contributed by atoms with Crippen molar-refractivity contribution in [1.29, 1.82) is 0 Å². The molecule has 1 fully saturated rings. The van der Waals surface area contributed by atoms with Crippen LogP contribution in [0.2, 0.25) is 0 Å². The second-order valence-corrected chi connectivity index (χ2v) is 8.28. The number of anilines is 2. The van der Waals surface area contributed by atoms with Gasteiger partial charge in [-0.2, -0.15) is 0 Å². The summed E-state index contributed by atoms with van der Waals surface area (Å²) in [6.07, 6.45) is 0. The van der Waals surface area contributed by atoms with Crippen molar-refractivity contribution in [2.45, 2.75) is 0 Å². The average Bonchev–Trinajstić information content (AvgIpc) is 2.93. The van der Waals surface area contributed by atoms with Gasteiger partial charge in [-0.05, 0) is 54.9 Å². The number of nitrogens with zero attached hydrogens (tertiary/aromatic N) is 2. The first-order chi connectivity index (χ1) is 11.4. The zero-order valence-electron chi connectivity index (χ0n) is 13.6. The molecule has 24 heavy (non-hydrogen) atoms. The lowest BCUT2D eigenvalue weighted by Crippen LogP contribution is -2.53. The van der Waals surface area contributed by atoms with Crippen LogP contribution in [0.25, 0.3) is 0 Å². The van der Waals surface area contributed by atoms with Crippen LogP contribution in [0.15, 0.2) is 29.0 Å². The first-order valence-electron chi connectivity index (χ1n) is 7.66. The average molecular weight is 459 g/mol. The van der Waals surface area contributed by atoms with E-state index in [9.17, 15) is 9.18 Å². The van der Waals surface area contributed by atoms with Gasteiger partial charge in [-0.15, -0.1) is 11.3 Å². The predicted molar refractivity (Wildman–Crippen MR) is 105 cm³/mol. The Hall–Kier alpha value is -1.19. The van der Waals surface area contributed by atoms with E-state index in [2.05, 4.69) is 32.8 Å². The van der Waals surface area contributed by atoms with Crippen LogP contribution in [-0.2, 0) is 0 Å². The molecule has 0 radical (unpaired) electrons. The molecule has 0 unspecified atom stereocenters. The molecule has 7 heteroatoms. The maximum atomic E-state index is 14.0. The van der Waals surface area contributed by atoms with E-state index in [4.69, 9.17) is 0 Å². The number of likely N-dealkylation sites (tertiary alicyclic amines) is 1. The largest absolute Gasteiger partial charge is 0.352 e. The van der Waals surface area contributed by atoms with Crippen LogP contribution in [0.1, 0.15) is 10.4 Å². The van der Waals surface area contributed by atoms with Gasteiger partial charge in [0.2, 0.25) is 0 Å². The summed E-state index contributed by atoms with van der Waals surface area (Å²) >= 11 is 3.51. The number of hydrogen-bond acceptors (Lipinski definition) is 4. The molecule has 0 spiro atoms. The molecule has 128 valence electrons. The van der Waals surface area contributed by atoms with Crippen LogP contribution in [-0.4, -0.2) is 49.4 Å². The monoisotopic (exact) mass is 459 g/mol. The molecule has 1 aromatic heterocycles. The highest BCUT2D eigenvalue weighted by Gasteiger charge is 2.32. The van der Waals surface area contributed by atoms with Gasteiger partial charge in [0.1, 0.15) is 5.82 Å². The lowest BCUT2D eigenvalue weighted by molar-refractivity contribution is 0.0452. The number of thiophene rings is 1. The fourth-order valence-corrected chi connectivity index (χ4v) is 4.04. The van der Waals surface area contributed by atoms with E-state index in [1.54, 1.807) is 6.07 Å². The molecule has 1 amide bonds. The van der Waals surface area contributed by atoms with Crippen molar-refractivity contribution in [2.75, 3.05) is 39.0 Å². The maximum Gasteiger partial charge on any atom is 0.256 e. The Morgan fingerprint density at radius 2 is 2.12 bits per heavy atom. The SMILES string of the molecule is CN(C)CC1CN(C(=O)c2cscc2Nc2ccc(I)cc2F)C1. The number of amides is 1. The molecule has 0 bridgehead atoms. The highest BCUT2D eigenvalue weighted by atomic mass is 127. The van der Waals surface area contributed by atoms with Crippen LogP contribution in [0.4, 0.5) is 15.8 Å². The predicted octanol–water partition coefficient (Wildman–Crippen LogP) is 3.87. The van der Waals surface area contributed by atoms with E-state index >= 15 is 0 Å². The quantitative estimate of drug-likeness (QED) is 0.690. The van der Waals surface area contributed by atoms with E-state index in [1.165, 1.54) is 17.4 Å². The number of halogens is 2. The van der Waals surface area contributed by atoms with Crippen LogP contribution in [0, 0.1) is 15.3 Å². The molecule has 1 aliphatic heterocycles. The molecule has 1 aromatic carbocycles. The van der Waals surface area contributed by atoms with Crippen molar-refractivity contribution in [3.8, 4) is 0 Å². The van der Waals surface area contributed by atoms with Crippen LogP contribution < -0.4 is 5.32 Å². The highest BCUT2D eigenvalue weighted by Crippen LogP contribution is 2.30. The zero-order chi connectivity index (χ0) is 17.3. The lowest BCUT2D eigenvalue weighted by Gasteiger charge is -2.40. The second kappa shape index (κ2) is 7.37. The topological polar surface area (TPSA) is 35.6 Å². The van der Waals surface area contributed by atoms with Gasteiger partial charge in [-0.1, -0.05) is 0 Å². The van der Waals surface area contributed by atoms with Gasteiger partial charge in [0.05, 0.1) is 16.9 Å². The van der Waals surface area contributed by atoms with Gasteiger partial charge >= 0.3 is 0 Å². The summed E-state index contributed by atoms with van der Waals surface area (Å²) < 4.78 is 14.9. The number of carbonyl (C=O) groups is 1. The van der Waals surface area contributed by atoms with Gasteiger partial charge in [-0.3, -0.25) is 4.79 Å². The van der Waals surface area contributed by atoms with Crippen molar-refractivity contribution in [2.24, 2.45) is 5.92 Å². The van der Waals surface area contributed by atoms with Gasteiger partial charge in [0.25, 0.3) is 5.91 Å². The molecule has 2 aromatic rings. The first-order valence-corrected chi connectivity index (χ1v) is 9.68. The number of benzene rings is 1. The minimum atomic E-state index is -0.318. The maximum absolute atomic E-state index is 14.0. The van der Waals surface area contributed by atoms with E-state index < -0.39 is 0 Å². The number of carbonyl (C=O) groups excluding carboxylic acids is 1. The standard InChI is InChI=1S/C17H19FIN3OS/c1-21(2)6-11-7-22(8-11)17(23)13-9-24-10-16(13)20-15-4-3-12(19)5-14(15)18/h3-5,9-11,20H,6-8H2,1-2H3. The van der Waals surface area contributed by atoms with Crippen molar-refractivity contribution in [3.63, 3.8) is 0 Å². The molecule has 0 saturated carbocycles. The van der Waals surface area contributed by atoms with Crippen LogP contribution in [0.3, 0.4) is 0 Å². The van der Waals surface area contributed by atoms with Crippen molar-refractivity contribution in [3.05, 3.63) is 43.9 Å². The summed E-state index contributed by atoms with van der Waals surface area (Å²) in [5.74, 6) is 0.230. The molecule has 1 N–H and O–H groups in total.